The molecule has 0 radical (unpaired) electrons. The molecule has 1 aliphatic heterocycles. The van der Waals surface area contributed by atoms with Crippen LogP contribution in [0.2, 0.25) is 5.02 Å². The van der Waals surface area contributed by atoms with Gasteiger partial charge in [-0.3, -0.25) is 9.59 Å². The number of amides is 1. The maximum atomic E-state index is 12.1. The van der Waals surface area contributed by atoms with Crippen molar-refractivity contribution < 1.29 is 23.9 Å². The Labute approximate surface area is 139 Å². The number of rotatable bonds is 5. The summed E-state index contributed by atoms with van der Waals surface area (Å²) in [7, 11) is 0. The van der Waals surface area contributed by atoms with Crippen LogP contribution in [0.4, 0.5) is 5.69 Å². The van der Waals surface area contributed by atoms with E-state index in [1.54, 1.807) is 26.0 Å². The van der Waals surface area contributed by atoms with E-state index in [-0.39, 0.29) is 43.1 Å². The molecule has 1 aliphatic rings. The standard InChI is InChI=1S/C16H18ClNO5/c1-3-22-15(20)10-5-6-13(12(17)7-10)18-9-11(8-14(18)19)16(21)23-4-2/h5-7,11H,3-4,8-9H2,1-2H3/t11-/m0/s1. The Balaban J connectivity index is 2.17. The van der Waals surface area contributed by atoms with Crippen LogP contribution in [0.1, 0.15) is 30.6 Å². The van der Waals surface area contributed by atoms with E-state index < -0.39 is 11.9 Å². The summed E-state index contributed by atoms with van der Waals surface area (Å²) >= 11 is 6.19. The molecule has 124 valence electrons. The second-order valence-electron chi connectivity index (χ2n) is 5.04. The number of hydrogen-bond acceptors (Lipinski definition) is 5. The highest BCUT2D eigenvalue weighted by Crippen LogP contribution is 2.32. The Morgan fingerprint density at radius 1 is 1.26 bits per heavy atom. The molecular formula is C16H18ClNO5. The van der Waals surface area contributed by atoms with E-state index in [4.69, 9.17) is 21.1 Å². The number of hydrogen-bond donors (Lipinski definition) is 0. The molecule has 7 heteroatoms. The zero-order valence-corrected chi connectivity index (χ0v) is 13.8. The van der Waals surface area contributed by atoms with Gasteiger partial charge in [-0.15, -0.1) is 0 Å². The van der Waals surface area contributed by atoms with Gasteiger partial charge in [-0.05, 0) is 32.0 Å². The van der Waals surface area contributed by atoms with Gasteiger partial charge in [0.2, 0.25) is 5.91 Å². The summed E-state index contributed by atoms with van der Waals surface area (Å²) in [5, 5.41) is 0.258. The summed E-state index contributed by atoms with van der Waals surface area (Å²) in [5.74, 6) is -1.56. The second kappa shape index (κ2) is 7.46. The molecule has 2 rings (SSSR count). The Morgan fingerprint density at radius 3 is 2.57 bits per heavy atom. The average molecular weight is 340 g/mol. The monoisotopic (exact) mass is 339 g/mol. The predicted octanol–water partition coefficient (Wildman–Crippen LogP) is 2.43. The van der Waals surface area contributed by atoms with Gasteiger partial charge in [0, 0.05) is 13.0 Å². The summed E-state index contributed by atoms with van der Waals surface area (Å²) in [4.78, 5) is 37.0. The number of nitrogens with zero attached hydrogens (tertiary/aromatic N) is 1. The van der Waals surface area contributed by atoms with Gasteiger partial charge in [0.25, 0.3) is 0 Å². The number of ether oxygens (including phenoxy) is 2. The first-order valence-corrected chi connectivity index (χ1v) is 7.79. The largest absolute Gasteiger partial charge is 0.466 e. The van der Waals surface area contributed by atoms with E-state index in [9.17, 15) is 14.4 Å². The molecule has 0 bridgehead atoms. The third kappa shape index (κ3) is 3.82. The van der Waals surface area contributed by atoms with Crippen molar-refractivity contribution >= 4 is 35.1 Å². The highest BCUT2D eigenvalue weighted by atomic mass is 35.5. The van der Waals surface area contributed by atoms with E-state index >= 15 is 0 Å². The number of anilines is 1. The van der Waals surface area contributed by atoms with E-state index in [1.807, 2.05) is 0 Å². The number of carbonyl (C=O) groups excluding carboxylic acids is 3. The lowest BCUT2D eigenvalue weighted by Crippen LogP contribution is -2.26. The third-order valence-corrected chi connectivity index (χ3v) is 3.80. The molecule has 6 nitrogen and oxygen atoms in total. The number of benzene rings is 1. The summed E-state index contributed by atoms with van der Waals surface area (Å²) in [6.07, 6.45) is 0.0921. The van der Waals surface area contributed by atoms with Gasteiger partial charge < -0.3 is 14.4 Å². The van der Waals surface area contributed by atoms with Gasteiger partial charge in [-0.2, -0.15) is 0 Å². The molecule has 1 saturated heterocycles. The van der Waals surface area contributed by atoms with Crippen molar-refractivity contribution in [3.05, 3.63) is 28.8 Å². The Hall–Kier alpha value is -2.08. The summed E-state index contributed by atoms with van der Waals surface area (Å²) in [6, 6.07) is 4.59. The molecule has 0 saturated carbocycles. The minimum Gasteiger partial charge on any atom is -0.466 e. The molecule has 1 fully saturated rings. The lowest BCUT2D eigenvalue weighted by atomic mass is 10.1. The molecule has 0 spiro atoms. The van der Waals surface area contributed by atoms with Crippen LogP contribution in [-0.2, 0) is 19.1 Å². The smallest absolute Gasteiger partial charge is 0.338 e. The molecule has 1 aromatic rings. The van der Waals surface area contributed by atoms with Crippen LogP contribution in [0, 0.1) is 5.92 Å². The molecule has 1 aromatic carbocycles. The molecule has 0 N–H and O–H groups in total. The van der Waals surface area contributed by atoms with E-state index in [0.29, 0.717) is 11.3 Å². The van der Waals surface area contributed by atoms with Gasteiger partial charge in [-0.25, -0.2) is 4.79 Å². The fourth-order valence-corrected chi connectivity index (χ4v) is 2.71. The third-order valence-electron chi connectivity index (χ3n) is 3.49. The van der Waals surface area contributed by atoms with Crippen LogP contribution in [0.5, 0.6) is 0 Å². The lowest BCUT2D eigenvalue weighted by molar-refractivity contribution is -0.147. The van der Waals surface area contributed by atoms with Crippen LogP contribution in [0.25, 0.3) is 0 Å². The van der Waals surface area contributed by atoms with Crippen molar-refractivity contribution in [3.63, 3.8) is 0 Å². The highest BCUT2D eigenvalue weighted by molar-refractivity contribution is 6.34. The minimum atomic E-state index is -0.497. The zero-order chi connectivity index (χ0) is 17.0. The fourth-order valence-electron chi connectivity index (χ4n) is 2.43. The predicted molar refractivity (Wildman–Crippen MR) is 84.5 cm³/mol. The summed E-state index contributed by atoms with van der Waals surface area (Å²) in [6.45, 7) is 4.20. The maximum Gasteiger partial charge on any atom is 0.338 e. The van der Waals surface area contributed by atoms with Gasteiger partial charge in [0.15, 0.2) is 0 Å². The van der Waals surface area contributed by atoms with Crippen LogP contribution in [0.15, 0.2) is 18.2 Å². The molecule has 0 unspecified atom stereocenters. The average Bonchev–Trinajstić information content (AvgIpc) is 2.89. The SMILES string of the molecule is CCOC(=O)c1ccc(N2C[C@@H](C(=O)OCC)CC2=O)c(Cl)c1. The quantitative estimate of drug-likeness (QED) is 0.770. The van der Waals surface area contributed by atoms with E-state index in [1.165, 1.54) is 11.0 Å². The van der Waals surface area contributed by atoms with Crippen LogP contribution >= 0.6 is 11.6 Å². The zero-order valence-electron chi connectivity index (χ0n) is 13.0. The van der Waals surface area contributed by atoms with E-state index in [2.05, 4.69) is 0 Å². The molecule has 1 amide bonds. The molecule has 0 aliphatic carbocycles. The first kappa shape index (κ1) is 17.3. The normalized spacial score (nSPS) is 17.3. The van der Waals surface area contributed by atoms with Gasteiger partial charge in [-0.1, -0.05) is 11.6 Å². The van der Waals surface area contributed by atoms with Crippen LogP contribution in [0.3, 0.4) is 0 Å². The Morgan fingerprint density at radius 2 is 1.96 bits per heavy atom. The van der Waals surface area contributed by atoms with Crippen molar-refractivity contribution in [2.45, 2.75) is 20.3 Å². The number of halogens is 1. The first-order chi connectivity index (χ1) is 11.0. The maximum absolute atomic E-state index is 12.1. The molecular weight excluding hydrogens is 322 g/mol. The van der Waals surface area contributed by atoms with Crippen molar-refractivity contribution in [2.24, 2.45) is 5.92 Å². The lowest BCUT2D eigenvalue weighted by Gasteiger charge is -2.18. The second-order valence-corrected chi connectivity index (χ2v) is 5.45. The Bertz CT molecular complexity index is 631. The summed E-state index contributed by atoms with van der Waals surface area (Å²) in [5.41, 5.74) is 0.783. The van der Waals surface area contributed by atoms with Crippen molar-refractivity contribution in [3.8, 4) is 0 Å². The molecule has 1 atom stereocenters. The topological polar surface area (TPSA) is 72.9 Å². The molecule has 0 aromatic heterocycles. The van der Waals surface area contributed by atoms with Gasteiger partial charge >= 0.3 is 11.9 Å². The fraction of sp³-hybridized carbons (Fsp3) is 0.438. The number of carbonyl (C=O) groups is 3. The van der Waals surface area contributed by atoms with Crippen LogP contribution < -0.4 is 4.90 Å². The minimum absolute atomic E-state index is 0.0921. The van der Waals surface area contributed by atoms with Gasteiger partial charge in [0.1, 0.15) is 0 Å². The van der Waals surface area contributed by atoms with Crippen LogP contribution in [-0.4, -0.2) is 37.6 Å². The Kier molecular flexibility index (Phi) is 5.60. The molecule has 23 heavy (non-hydrogen) atoms. The van der Waals surface area contributed by atoms with Gasteiger partial charge in [0.05, 0.1) is 35.4 Å². The molecule has 1 heterocycles. The van der Waals surface area contributed by atoms with Crippen molar-refractivity contribution in [1.29, 1.82) is 0 Å². The summed E-state index contributed by atoms with van der Waals surface area (Å²) < 4.78 is 9.86. The number of esters is 2. The van der Waals surface area contributed by atoms with E-state index in [0.717, 1.165) is 0 Å². The first-order valence-electron chi connectivity index (χ1n) is 7.41. The highest BCUT2D eigenvalue weighted by Gasteiger charge is 2.36. The van der Waals surface area contributed by atoms with Crippen molar-refractivity contribution in [1.82, 2.24) is 0 Å². The van der Waals surface area contributed by atoms with Crippen molar-refractivity contribution in [2.75, 3.05) is 24.7 Å².